The Kier molecular flexibility index (Phi) is 20.2. The second-order valence-electron chi connectivity index (χ2n) is 8.56. The highest BCUT2D eigenvalue weighted by Crippen LogP contribution is 2.14. The van der Waals surface area contributed by atoms with Crippen molar-refractivity contribution in [2.24, 2.45) is 0 Å². The molecule has 0 aromatic rings. The minimum absolute atomic E-state index is 0.0586. The third kappa shape index (κ3) is 17.2. The average Bonchev–Trinajstić information content (AvgIpc) is 2.78. The summed E-state index contributed by atoms with van der Waals surface area (Å²) in [6, 6.07) is 0. The normalized spacial score (nSPS) is 15.3. The summed E-state index contributed by atoms with van der Waals surface area (Å²) in [5.41, 5.74) is 0. The van der Waals surface area contributed by atoms with Crippen molar-refractivity contribution >= 4 is 12.3 Å². The number of hydrogen-bond acceptors (Lipinski definition) is 7. The van der Waals surface area contributed by atoms with Crippen LogP contribution in [-0.4, -0.2) is 63.7 Å². The third-order valence-electron chi connectivity index (χ3n) is 5.63. The molecular weight excluding hydrogens is 400 g/mol. The van der Waals surface area contributed by atoms with Gasteiger partial charge in [0.1, 0.15) is 31.0 Å². The molecule has 0 bridgehead atoms. The van der Waals surface area contributed by atoms with Gasteiger partial charge in [-0.3, -0.25) is 4.79 Å². The molecule has 0 heterocycles. The van der Waals surface area contributed by atoms with Gasteiger partial charge in [-0.15, -0.1) is 0 Å². The van der Waals surface area contributed by atoms with Crippen LogP contribution in [-0.2, 0) is 14.3 Å². The molecule has 7 heteroatoms. The largest absolute Gasteiger partial charge is 0.463 e. The molecule has 0 fully saturated rings. The van der Waals surface area contributed by atoms with E-state index >= 15 is 0 Å². The molecule has 0 saturated heterocycles. The third-order valence-corrected chi connectivity index (χ3v) is 5.63. The lowest BCUT2D eigenvalue weighted by Crippen LogP contribution is -2.46. The van der Waals surface area contributed by atoms with Crippen molar-refractivity contribution in [2.75, 3.05) is 6.61 Å². The van der Waals surface area contributed by atoms with Gasteiger partial charge in [-0.2, -0.15) is 0 Å². The number of rotatable bonds is 22. The summed E-state index contributed by atoms with van der Waals surface area (Å²) in [7, 11) is 0. The molecule has 0 unspecified atom stereocenters. The van der Waals surface area contributed by atoms with Gasteiger partial charge in [0.2, 0.25) is 0 Å². The van der Waals surface area contributed by atoms with E-state index in [1.807, 2.05) is 0 Å². The summed E-state index contributed by atoms with van der Waals surface area (Å²) >= 11 is 0. The fraction of sp³-hybridized carbons (Fsp3) is 0.917. The Morgan fingerprint density at radius 3 is 1.55 bits per heavy atom. The quantitative estimate of drug-likeness (QED) is 0.114. The molecule has 0 aromatic carbocycles. The average molecular weight is 447 g/mol. The van der Waals surface area contributed by atoms with E-state index in [0.717, 1.165) is 12.8 Å². The van der Waals surface area contributed by atoms with E-state index in [1.54, 1.807) is 0 Å². The highest BCUT2D eigenvalue weighted by atomic mass is 16.5. The van der Waals surface area contributed by atoms with E-state index < -0.39 is 37.0 Å². The Balaban J connectivity index is 3.47. The molecule has 0 aliphatic carbocycles. The summed E-state index contributed by atoms with van der Waals surface area (Å²) < 4.78 is 4.88. The number of aliphatic hydroxyl groups is 4. The molecule has 0 aromatic heterocycles. The minimum atomic E-state index is -1.83. The van der Waals surface area contributed by atoms with Crippen molar-refractivity contribution in [3.8, 4) is 0 Å². The van der Waals surface area contributed by atoms with Gasteiger partial charge in [-0.25, -0.2) is 0 Å². The Morgan fingerprint density at radius 1 is 0.710 bits per heavy atom. The lowest BCUT2D eigenvalue weighted by atomic mass is 10.0. The zero-order valence-corrected chi connectivity index (χ0v) is 19.4. The SMILES string of the molecule is CCCCCCCCCCCCCCCCCC(=O)OC[C@@H](O)[C@H](O)[C@H](O)[C@@H](O)C=O. The number of hydrogen-bond donors (Lipinski definition) is 4. The number of esters is 1. The van der Waals surface area contributed by atoms with Crippen molar-refractivity contribution in [3.05, 3.63) is 0 Å². The van der Waals surface area contributed by atoms with Crippen LogP contribution in [0.2, 0.25) is 0 Å². The van der Waals surface area contributed by atoms with Gasteiger partial charge >= 0.3 is 5.97 Å². The first-order valence-corrected chi connectivity index (χ1v) is 12.3. The zero-order valence-electron chi connectivity index (χ0n) is 19.4. The van der Waals surface area contributed by atoms with E-state index in [9.17, 15) is 24.9 Å². The topological polar surface area (TPSA) is 124 Å². The number of carbonyl (C=O) groups is 2. The van der Waals surface area contributed by atoms with E-state index in [4.69, 9.17) is 9.84 Å². The number of aliphatic hydroxyl groups excluding tert-OH is 4. The van der Waals surface area contributed by atoms with E-state index in [0.29, 0.717) is 6.42 Å². The van der Waals surface area contributed by atoms with Crippen LogP contribution in [0.4, 0.5) is 0 Å². The highest BCUT2D eigenvalue weighted by molar-refractivity contribution is 5.69. The smallest absolute Gasteiger partial charge is 0.305 e. The van der Waals surface area contributed by atoms with Crippen LogP contribution in [0.3, 0.4) is 0 Å². The van der Waals surface area contributed by atoms with Gasteiger partial charge in [0.25, 0.3) is 0 Å². The monoisotopic (exact) mass is 446 g/mol. The Bertz CT molecular complexity index is 430. The van der Waals surface area contributed by atoms with Crippen LogP contribution in [0.25, 0.3) is 0 Å². The molecular formula is C24H46O7. The number of unbranched alkanes of at least 4 members (excludes halogenated alkanes) is 14. The lowest BCUT2D eigenvalue weighted by molar-refractivity contribution is -0.156. The maximum atomic E-state index is 11.7. The second kappa shape index (κ2) is 20.9. The Hall–Kier alpha value is -1.02. The van der Waals surface area contributed by atoms with Crippen molar-refractivity contribution in [1.82, 2.24) is 0 Å². The molecule has 7 nitrogen and oxygen atoms in total. The number of ether oxygens (including phenoxy) is 1. The van der Waals surface area contributed by atoms with E-state index in [1.165, 1.54) is 77.0 Å². The first-order valence-electron chi connectivity index (χ1n) is 12.3. The fourth-order valence-corrected chi connectivity index (χ4v) is 3.50. The van der Waals surface area contributed by atoms with Crippen molar-refractivity contribution in [1.29, 1.82) is 0 Å². The van der Waals surface area contributed by atoms with Gasteiger partial charge in [0.05, 0.1) is 0 Å². The minimum Gasteiger partial charge on any atom is -0.463 e. The Labute approximate surface area is 188 Å². The molecule has 4 N–H and O–H groups in total. The first kappa shape index (κ1) is 30.0. The van der Waals surface area contributed by atoms with Crippen LogP contribution in [0.15, 0.2) is 0 Å². The van der Waals surface area contributed by atoms with Gasteiger partial charge in [0.15, 0.2) is 6.29 Å². The van der Waals surface area contributed by atoms with Gasteiger partial charge in [-0.1, -0.05) is 96.8 Å². The van der Waals surface area contributed by atoms with Crippen LogP contribution in [0.5, 0.6) is 0 Å². The standard InChI is InChI=1S/C24H46O7/c1-2-3-4-5-6-7-8-9-10-11-12-13-14-15-16-17-22(28)31-19-21(27)24(30)23(29)20(26)18-25/h18,20-21,23-24,26-27,29-30H,2-17,19H2,1H3/t20-,21+,23+,24-/m0/s1. The molecule has 0 aliphatic rings. The molecule has 0 saturated carbocycles. The van der Waals surface area contributed by atoms with Crippen molar-refractivity contribution < 1.29 is 34.8 Å². The van der Waals surface area contributed by atoms with Gasteiger partial charge < -0.3 is 30.0 Å². The summed E-state index contributed by atoms with van der Waals surface area (Å²) in [6.45, 7) is 1.75. The molecule has 184 valence electrons. The van der Waals surface area contributed by atoms with Crippen molar-refractivity contribution in [2.45, 2.75) is 134 Å². The fourth-order valence-electron chi connectivity index (χ4n) is 3.50. The summed E-state index contributed by atoms with van der Waals surface area (Å²) in [4.78, 5) is 22.1. The summed E-state index contributed by atoms with van der Waals surface area (Å²) in [6.07, 6.45) is 12.0. The molecule has 0 rings (SSSR count). The number of aldehydes is 1. The zero-order chi connectivity index (χ0) is 23.3. The second-order valence-corrected chi connectivity index (χ2v) is 8.56. The van der Waals surface area contributed by atoms with Crippen LogP contribution in [0.1, 0.15) is 110 Å². The predicted molar refractivity (Wildman–Crippen MR) is 121 cm³/mol. The van der Waals surface area contributed by atoms with Crippen molar-refractivity contribution in [3.63, 3.8) is 0 Å². The van der Waals surface area contributed by atoms with Gasteiger partial charge in [-0.05, 0) is 6.42 Å². The molecule has 0 radical (unpaired) electrons. The maximum Gasteiger partial charge on any atom is 0.305 e. The molecule has 4 atom stereocenters. The lowest BCUT2D eigenvalue weighted by Gasteiger charge is -2.23. The predicted octanol–water partition coefficient (Wildman–Crippen LogP) is 3.43. The maximum absolute atomic E-state index is 11.7. The summed E-state index contributed by atoms with van der Waals surface area (Å²) in [5, 5.41) is 37.8. The number of carbonyl (C=O) groups excluding carboxylic acids is 2. The van der Waals surface area contributed by atoms with E-state index in [2.05, 4.69) is 6.92 Å². The molecule has 31 heavy (non-hydrogen) atoms. The highest BCUT2D eigenvalue weighted by Gasteiger charge is 2.30. The Morgan fingerprint density at radius 2 is 1.13 bits per heavy atom. The molecule has 0 aliphatic heterocycles. The van der Waals surface area contributed by atoms with E-state index in [-0.39, 0.29) is 12.7 Å². The van der Waals surface area contributed by atoms with Crippen LogP contribution >= 0.6 is 0 Å². The van der Waals surface area contributed by atoms with Crippen LogP contribution < -0.4 is 0 Å². The van der Waals surface area contributed by atoms with Crippen LogP contribution in [0, 0.1) is 0 Å². The molecule has 0 amide bonds. The summed E-state index contributed by atoms with van der Waals surface area (Å²) in [5.74, 6) is -0.480. The molecule has 0 spiro atoms. The van der Waals surface area contributed by atoms with Gasteiger partial charge in [0, 0.05) is 6.42 Å². The first-order chi connectivity index (χ1) is 14.9.